The number of nitro benzene ring substituents is 1. The van der Waals surface area contributed by atoms with Crippen LogP contribution in [0.5, 0.6) is 5.75 Å². The summed E-state index contributed by atoms with van der Waals surface area (Å²) in [5.41, 5.74) is 1.92. The molecule has 2 aromatic rings. The van der Waals surface area contributed by atoms with Crippen molar-refractivity contribution in [1.82, 2.24) is 0 Å². The lowest BCUT2D eigenvalue weighted by atomic mass is 10.1. The molecule has 0 radical (unpaired) electrons. The Morgan fingerprint density at radius 3 is 2.57 bits per heavy atom. The Labute approximate surface area is 123 Å². The number of hydrogen-bond donors (Lipinski definition) is 1. The van der Waals surface area contributed by atoms with Crippen LogP contribution in [-0.2, 0) is 6.42 Å². The summed E-state index contributed by atoms with van der Waals surface area (Å²) < 4.78 is 5.10. The fourth-order valence-corrected chi connectivity index (χ4v) is 2.19. The molecular weight excluding hydrogens is 268 g/mol. The number of ether oxygens (including phenoxy) is 1. The Bertz CT molecular complexity index is 614. The van der Waals surface area contributed by atoms with Gasteiger partial charge in [0.15, 0.2) is 0 Å². The topological polar surface area (TPSA) is 64.4 Å². The molecule has 5 nitrogen and oxygen atoms in total. The lowest BCUT2D eigenvalue weighted by Gasteiger charge is -2.16. The van der Waals surface area contributed by atoms with Crippen LogP contribution in [0.1, 0.15) is 12.5 Å². The van der Waals surface area contributed by atoms with Gasteiger partial charge < -0.3 is 10.1 Å². The van der Waals surface area contributed by atoms with Crippen LogP contribution in [0.15, 0.2) is 48.5 Å². The van der Waals surface area contributed by atoms with Crippen LogP contribution in [-0.4, -0.2) is 18.1 Å². The van der Waals surface area contributed by atoms with E-state index >= 15 is 0 Å². The number of nitro groups is 1. The number of anilines is 1. The van der Waals surface area contributed by atoms with E-state index in [0.29, 0.717) is 11.4 Å². The summed E-state index contributed by atoms with van der Waals surface area (Å²) in [5, 5.41) is 14.2. The Kier molecular flexibility index (Phi) is 4.77. The number of nitrogens with one attached hydrogen (secondary N) is 1. The summed E-state index contributed by atoms with van der Waals surface area (Å²) in [6.45, 7) is 2.04. The molecular formula is C16H18N2O3. The number of benzene rings is 2. The van der Waals surface area contributed by atoms with Crippen molar-refractivity contribution in [3.8, 4) is 5.75 Å². The van der Waals surface area contributed by atoms with Crippen molar-refractivity contribution in [3.05, 3.63) is 64.2 Å². The van der Waals surface area contributed by atoms with Crippen molar-refractivity contribution < 1.29 is 9.66 Å². The molecule has 0 bridgehead atoms. The van der Waals surface area contributed by atoms with E-state index < -0.39 is 4.92 Å². The molecule has 0 saturated carbocycles. The molecule has 21 heavy (non-hydrogen) atoms. The van der Waals surface area contributed by atoms with Gasteiger partial charge in [0.25, 0.3) is 5.69 Å². The highest BCUT2D eigenvalue weighted by molar-refractivity contribution is 5.56. The van der Waals surface area contributed by atoms with Gasteiger partial charge in [-0.05, 0) is 18.9 Å². The quantitative estimate of drug-likeness (QED) is 0.650. The van der Waals surface area contributed by atoms with Gasteiger partial charge in [-0.2, -0.15) is 0 Å². The van der Waals surface area contributed by atoms with Crippen molar-refractivity contribution in [2.75, 3.05) is 12.4 Å². The monoisotopic (exact) mass is 286 g/mol. The predicted octanol–water partition coefficient (Wildman–Crippen LogP) is 3.65. The van der Waals surface area contributed by atoms with Crippen LogP contribution in [0.3, 0.4) is 0 Å². The van der Waals surface area contributed by atoms with Gasteiger partial charge in [0.1, 0.15) is 5.75 Å². The van der Waals surface area contributed by atoms with E-state index in [4.69, 9.17) is 4.74 Å². The number of nitrogens with zero attached hydrogens (tertiary/aromatic N) is 1. The highest BCUT2D eigenvalue weighted by Gasteiger charge is 2.12. The van der Waals surface area contributed by atoms with Crippen molar-refractivity contribution in [2.24, 2.45) is 0 Å². The molecule has 0 aliphatic carbocycles. The third-order valence-electron chi connectivity index (χ3n) is 3.14. The van der Waals surface area contributed by atoms with Crippen LogP contribution >= 0.6 is 0 Å². The van der Waals surface area contributed by atoms with Gasteiger partial charge in [-0.1, -0.05) is 30.3 Å². The standard InChI is InChI=1S/C16H18N2O3/c1-12(8-13-6-4-3-5-7-13)17-14-9-15(18(19)20)11-16(10-14)21-2/h3-7,9-12,17H,8H2,1-2H3. The minimum Gasteiger partial charge on any atom is -0.496 e. The van der Waals surface area contributed by atoms with E-state index in [1.807, 2.05) is 25.1 Å². The fourth-order valence-electron chi connectivity index (χ4n) is 2.19. The maximum atomic E-state index is 10.9. The van der Waals surface area contributed by atoms with Crippen LogP contribution in [0.25, 0.3) is 0 Å². The zero-order valence-corrected chi connectivity index (χ0v) is 12.1. The molecule has 5 heteroatoms. The van der Waals surface area contributed by atoms with E-state index in [2.05, 4.69) is 17.4 Å². The Morgan fingerprint density at radius 1 is 1.24 bits per heavy atom. The fraction of sp³-hybridized carbons (Fsp3) is 0.250. The van der Waals surface area contributed by atoms with E-state index in [1.165, 1.54) is 24.8 Å². The van der Waals surface area contributed by atoms with Crippen LogP contribution in [0, 0.1) is 10.1 Å². The van der Waals surface area contributed by atoms with Crippen molar-refractivity contribution in [2.45, 2.75) is 19.4 Å². The SMILES string of the molecule is COc1cc(NC(C)Cc2ccccc2)cc([N+](=O)[O-])c1. The highest BCUT2D eigenvalue weighted by atomic mass is 16.6. The minimum absolute atomic E-state index is 0.0174. The molecule has 2 rings (SSSR count). The van der Waals surface area contributed by atoms with Gasteiger partial charge in [0.05, 0.1) is 18.1 Å². The third kappa shape index (κ3) is 4.21. The van der Waals surface area contributed by atoms with Crippen LogP contribution in [0.4, 0.5) is 11.4 Å². The molecule has 0 aliphatic rings. The average molecular weight is 286 g/mol. The first-order valence-corrected chi connectivity index (χ1v) is 6.72. The number of hydrogen-bond acceptors (Lipinski definition) is 4. The number of rotatable bonds is 6. The second-order valence-corrected chi connectivity index (χ2v) is 4.91. The molecule has 0 fully saturated rings. The zero-order valence-electron chi connectivity index (χ0n) is 12.1. The van der Waals surface area contributed by atoms with Crippen LogP contribution < -0.4 is 10.1 Å². The molecule has 0 heterocycles. The van der Waals surface area contributed by atoms with Gasteiger partial charge in [-0.25, -0.2) is 0 Å². The lowest BCUT2D eigenvalue weighted by Crippen LogP contribution is -2.18. The summed E-state index contributed by atoms with van der Waals surface area (Å²) in [5.74, 6) is 0.471. The predicted molar refractivity (Wildman–Crippen MR) is 82.9 cm³/mol. The number of non-ortho nitro benzene ring substituents is 1. The van der Waals surface area contributed by atoms with E-state index in [-0.39, 0.29) is 11.7 Å². The zero-order chi connectivity index (χ0) is 15.2. The normalized spacial score (nSPS) is 11.7. The smallest absolute Gasteiger partial charge is 0.275 e. The van der Waals surface area contributed by atoms with Gasteiger partial charge in [-0.3, -0.25) is 10.1 Å². The summed E-state index contributed by atoms with van der Waals surface area (Å²) in [7, 11) is 1.50. The second kappa shape index (κ2) is 6.74. The van der Waals surface area contributed by atoms with Gasteiger partial charge >= 0.3 is 0 Å². The Morgan fingerprint density at radius 2 is 1.95 bits per heavy atom. The van der Waals surface area contributed by atoms with Crippen molar-refractivity contribution in [3.63, 3.8) is 0 Å². The number of methoxy groups -OCH3 is 1. The average Bonchev–Trinajstić information content (AvgIpc) is 2.47. The maximum absolute atomic E-state index is 10.9. The lowest BCUT2D eigenvalue weighted by molar-refractivity contribution is -0.384. The molecule has 0 aliphatic heterocycles. The summed E-state index contributed by atoms with van der Waals surface area (Å²) in [6, 6.07) is 14.9. The van der Waals surface area contributed by atoms with Crippen molar-refractivity contribution >= 4 is 11.4 Å². The summed E-state index contributed by atoms with van der Waals surface area (Å²) in [6.07, 6.45) is 0.839. The maximum Gasteiger partial charge on any atom is 0.275 e. The van der Waals surface area contributed by atoms with Gasteiger partial charge in [0, 0.05) is 23.9 Å². The molecule has 1 unspecified atom stereocenters. The second-order valence-electron chi connectivity index (χ2n) is 4.91. The van der Waals surface area contributed by atoms with Gasteiger partial charge in [0.2, 0.25) is 0 Å². The molecule has 0 saturated heterocycles. The first kappa shape index (κ1) is 14.8. The van der Waals surface area contributed by atoms with E-state index in [0.717, 1.165) is 6.42 Å². The van der Waals surface area contributed by atoms with Gasteiger partial charge in [-0.15, -0.1) is 0 Å². The molecule has 0 spiro atoms. The largest absolute Gasteiger partial charge is 0.496 e. The Hall–Kier alpha value is -2.56. The Balaban J connectivity index is 2.11. The van der Waals surface area contributed by atoms with E-state index in [9.17, 15) is 10.1 Å². The highest BCUT2D eigenvalue weighted by Crippen LogP contribution is 2.26. The summed E-state index contributed by atoms with van der Waals surface area (Å²) >= 11 is 0. The molecule has 110 valence electrons. The molecule has 0 aromatic heterocycles. The van der Waals surface area contributed by atoms with Crippen LogP contribution in [0.2, 0.25) is 0 Å². The van der Waals surface area contributed by atoms with Crippen molar-refractivity contribution in [1.29, 1.82) is 0 Å². The first-order chi connectivity index (χ1) is 10.1. The van der Waals surface area contributed by atoms with E-state index in [1.54, 1.807) is 6.07 Å². The molecule has 2 aromatic carbocycles. The first-order valence-electron chi connectivity index (χ1n) is 6.72. The molecule has 1 atom stereocenters. The summed E-state index contributed by atoms with van der Waals surface area (Å²) in [4.78, 5) is 10.5. The third-order valence-corrected chi connectivity index (χ3v) is 3.14. The minimum atomic E-state index is -0.421. The molecule has 1 N–H and O–H groups in total. The molecule has 0 amide bonds.